The highest BCUT2D eigenvalue weighted by molar-refractivity contribution is 6.32. The Morgan fingerprint density at radius 1 is 0.518 bits per heavy atom. The first kappa shape index (κ1) is 135. The number of phenolic OH excluding ortho intramolecular Hbond substituents is 1. The number of phenols is 1. The van der Waals surface area contributed by atoms with Gasteiger partial charge < -0.3 is 80.2 Å². The van der Waals surface area contributed by atoms with Crippen LogP contribution in [0.4, 0.5) is 16.3 Å². The zero-order chi connectivity index (χ0) is 103. The molecule has 796 valence electrons. The molecule has 0 bridgehead atoms. The maximum Gasteiger partial charge on any atom is 0.410 e. The van der Waals surface area contributed by atoms with Gasteiger partial charge >= 0.3 is 6.09 Å². The van der Waals surface area contributed by atoms with Gasteiger partial charge in [-0.05, 0) is 358 Å². The zero-order valence-electron chi connectivity index (χ0n) is 91.8. The summed E-state index contributed by atoms with van der Waals surface area (Å²) in [6, 6.07) is 30.0. The van der Waals surface area contributed by atoms with Gasteiger partial charge in [0, 0.05) is 87.3 Å². The quantitative estimate of drug-likeness (QED) is 0.0663. The second kappa shape index (κ2) is 60.1. The number of aromatic hydroxyl groups is 1. The summed E-state index contributed by atoms with van der Waals surface area (Å²) in [6.45, 7) is 93.0. The summed E-state index contributed by atoms with van der Waals surface area (Å²) in [7, 11) is 1.94. The van der Waals surface area contributed by atoms with Crippen LogP contribution in [0.5, 0.6) is 28.7 Å². The first-order valence-corrected chi connectivity index (χ1v) is 49.4. The van der Waals surface area contributed by atoms with Crippen LogP contribution in [-0.4, -0.2) is 183 Å². The van der Waals surface area contributed by atoms with Gasteiger partial charge in [0.1, 0.15) is 62.6 Å². The van der Waals surface area contributed by atoms with Crippen LogP contribution in [0, 0.1) is 56.7 Å². The number of anilines is 2. The van der Waals surface area contributed by atoms with Gasteiger partial charge in [-0.15, -0.1) is 0 Å². The third-order valence-corrected chi connectivity index (χ3v) is 19.5. The van der Waals surface area contributed by atoms with Gasteiger partial charge in [-0.3, -0.25) is 14.9 Å². The summed E-state index contributed by atoms with van der Waals surface area (Å²) in [5.41, 5.74) is 16.9. The van der Waals surface area contributed by atoms with E-state index in [1.807, 2.05) is 112 Å². The average Bonchev–Trinajstić information content (AvgIpc) is 1.58. The number of nitrogens with zero attached hydrogens (tertiary/aromatic N) is 8. The van der Waals surface area contributed by atoms with Crippen molar-refractivity contribution in [2.45, 2.75) is 426 Å². The first-order valence-electron chi connectivity index (χ1n) is 49.1. The van der Waals surface area contributed by atoms with E-state index in [4.69, 9.17) is 71.5 Å². The van der Waals surface area contributed by atoms with Crippen molar-refractivity contribution in [3.63, 3.8) is 0 Å². The Morgan fingerprint density at radius 2 is 0.986 bits per heavy atom. The lowest BCUT2D eigenvalue weighted by Gasteiger charge is -2.39. The molecule has 6 fully saturated rings. The van der Waals surface area contributed by atoms with Crippen molar-refractivity contribution >= 4 is 40.1 Å². The topological polar surface area (TPSA) is 295 Å². The van der Waals surface area contributed by atoms with Crippen molar-refractivity contribution in [2.75, 3.05) is 83.1 Å². The molecule has 139 heavy (non-hydrogen) atoms. The maximum absolute atomic E-state index is 11.9. The number of nitrogens with one attached hydrogen (secondary N) is 3. The second-order valence-corrected chi connectivity index (χ2v) is 49.8. The minimum atomic E-state index is -0.421. The molecule has 6 aliphatic rings. The van der Waals surface area contributed by atoms with Crippen LogP contribution in [0.1, 0.15) is 361 Å². The maximum atomic E-state index is 11.9. The molecule has 4 aromatic carbocycles. The molecule has 5 saturated heterocycles. The Bertz CT molecular complexity index is 4420. The molecule has 8 N–H and O–H groups in total. The molecule has 12 rings (SSSR count). The van der Waals surface area contributed by atoms with Gasteiger partial charge in [0.05, 0.1) is 87.0 Å². The number of rotatable bonds is 12. The fraction of sp³-hybridized carbons (Fsp3) is 0.704. The molecule has 4 atom stereocenters. The fourth-order valence-corrected chi connectivity index (χ4v) is 14.5. The molecular formula is C115H204ClN13O10. The number of amides is 1. The normalized spacial score (nSPS) is 17.3. The number of hydrogen-bond donors (Lipinski definition) is 6. The van der Waals surface area contributed by atoms with Crippen LogP contribution in [0.15, 0.2) is 104 Å². The fourth-order valence-electron chi connectivity index (χ4n) is 14.3. The van der Waals surface area contributed by atoms with E-state index in [1.165, 1.54) is 42.9 Å². The van der Waals surface area contributed by atoms with Gasteiger partial charge in [0.25, 0.3) is 0 Å². The van der Waals surface area contributed by atoms with Crippen LogP contribution in [0.2, 0.25) is 5.02 Å². The van der Waals surface area contributed by atoms with Crippen LogP contribution in [-0.2, 0) is 31.9 Å². The Balaban J connectivity index is -0.00000148. The molecule has 5 aliphatic heterocycles. The van der Waals surface area contributed by atoms with Gasteiger partial charge in [-0.2, -0.15) is 10.5 Å². The van der Waals surface area contributed by atoms with E-state index in [-0.39, 0.29) is 98.3 Å². The number of halogens is 1. The van der Waals surface area contributed by atoms with Crippen molar-refractivity contribution in [2.24, 2.45) is 39.7 Å². The number of carbonyl (C=O) groups excluding carboxylic acids is 1. The van der Waals surface area contributed by atoms with E-state index in [9.17, 15) is 9.90 Å². The SMILES string of the molecule is C.C.C.C.CC(C)(C)C.CC(C)(C)C.CC(C)(C)Cc1cnc(N)cn1.CC(C)(C)OC(=O)N1CCC(OC(C)(C)C)CC1.CC(C)(C)OC1CCNC1.CC(C)(C)OC1CCNCC1.CC(C)(C)Oc1cc(O)cc(C#N)c1.CC(C)(C)Oc1ccc(C#N)cc1Cl.CC(C)(C)Oc1ccc2nccc(N3CC(N)C3)c2c1.CCC1[C@H]2CN(C(C)(C)C)C[C@@H]12.CNCc1cccc(OC(C)(C)C)c1. The van der Waals surface area contributed by atoms with E-state index in [2.05, 4.69) is 273 Å². The number of pyridine rings is 1. The Kier molecular flexibility index (Phi) is 58.5. The predicted molar refractivity (Wildman–Crippen MR) is 591 cm³/mol. The molecule has 1 amide bonds. The lowest BCUT2D eigenvalue weighted by Crippen LogP contribution is -2.55. The van der Waals surface area contributed by atoms with E-state index < -0.39 is 5.60 Å². The molecule has 0 spiro atoms. The third-order valence-electron chi connectivity index (χ3n) is 19.2. The summed E-state index contributed by atoms with van der Waals surface area (Å²) < 4.78 is 45.7. The van der Waals surface area contributed by atoms with Gasteiger partial charge in [-0.1, -0.05) is 143 Å². The minimum Gasteiger partial charge on any atom is -0.508 e. The van der Waals surface area contributed by atoms with Crippen molar-refractivity contribution in [3.05, 3.63) is 131 Å². The highest BCUT2D eigenvalue weighted by Crippen LogP contribution is 2.54. The van der Waals surface area contributed by atoms with Gasteiger partial charge in [0.2, 0.25) is 0 Å². The number of aromatic nitrogens is 3. The summed E-state index contributed by atoms with van der Waals surface area (Å²) in [4.78, 5) is 31.2. The lowest BCUT2D eigenvalue weighted by atomic mass is 9.91. The van der Waals surface area contributed by atoms with Crippen molar-refractivity contribution in [3.8, 4) is 40.9 Å². The van der Waals surface area contributed by atoms with Crippen molar-refractivity contribution in [1.29, 1.82) is 10.5 Å². The number of carbonyl (C=O) groups is 1. The van der Waals surface area contributed by atoms with Crippen molar-refractivity contribution < 1.29 is 47.8 Å². The average molecular weight is 1960 g/mol. The van der Waals surface area contributed by atoms with Gasteiger partial charge in [-0.25, -0.2) is 9.78 Å². The Morgan fingerprint density at radius 3 is 1.40 bits per heavy atom. The summed E-state index contributed by atoms with van der Waals surface area (Å²) in [6.07, 6.45) is 13.8. The molecular weight excluding hydrogens is 1760 g/mol. The molecule has 23 nitrogen and oxygen atoms in total. The number of nitrogens with two attached hydrogens (primary N) is 2. The summed E-state index contributed by atoms with van der Waals surface area (Å²) in [5.74, 6) is 6.67. The third kappa shape index (κ3) is 66.6. The van der Waals surface area contributed by atoms with Crippen LogP contribution >= 0.6 is 11.6 Å². The second-order valence-electron chi connectivity index (χ2n) is 49.4. The number of nitriles is 2. The largest absolute Gasteiger partial charge is 0.508 e. The predicted octanol–water partition coefficient (Wildman–Crippen LogP) is 27.6. The minimum absolute atomic E-state index is 0. The summed E-state index contributed by atoms with van der Waals surface area (Å²) in [5, 5.41) is 37.9. The molecule has 1 aliphatic carbocycles. The number of hydrogen-bond acceptors (Lipinski definition) is 22. The zero-order valence-corrected chi connectivity index (χ0v) is 92.6. The smallest absolute Gasteiger partial charge is 0.410 e. The number of fused-ring (bicyclic) bond motifs is 2. The molecule has 7 heterocycles. The molecule has 1 saturated carbocycles. The Labute approximate surface area is 854 Å². The van der Waals surface area contributed by atoms with Crippen molar-refractivity contribution in [1.82, 2.24) is 40.7 Å². The van der Waals surface area contributed by atoms with Gasteiger partial charge in [0.15, 0.2) is 0 Å². The number of ether oxygens (including phenoxy) is 8. The van der Waals surface area contributed by atoms with E-state index in [1.54, 1.807) is 41.6 Å². The molecule has 24 heteroatoms. The highest BCUT2D eigenvalue weighted by atomic mass is 35.5. The van der Waals surface area contributed by atoms with Crippen LogP contribution in [0.3, 0.4) is 0 Å². The highest BCUT2D eigenvalue weighted by Gasteiger charge is 2.55. The number of benzene rings is 4. The molecule has 2 aromatic heterocycles. The van der Waals surface area contributed by atoms with E-state index >= 15 is 0 Å². The molecule has 2 unspecified atom stereocenters. The number of nitrogen functional groups attached to an aromatic ring is 1. The van der Waals surface area contributed by atoms with E-state index in [0.717, 1.165) is 143 Å². The number of piperidine rings is 3. The molecule has 6 aromatic rings. The molecule has 0 radical (unpaired) electrons. The monoisotopic (exact) mass is 1960 g/mol. The number of likely N-dealkylation sites (tertiary alicyclic amines) is 2. The van der Waals surface area contributed by atoms with Crippen LogP contribution in [0.25, 0.3) is 10.9 Å². The lowest BCUT2D eigenvalue weighted by molar-refractivity contribution is -0.0823. The van der Waals surface area contributed by atoms with Crippen LogP contribution < -0.4 is 51.3 Å². The standard InChI is InChI=1S/C16H21N3O.C14H27NO3.C12H19NO.C11H12ClNO.C11H13NO2.C11H21N.C9H15N3.C9H19NO.C8H17NO.2C5H12.4CH4/c1-16(2,3)20-12-4-5-14-13(8-12)15(6-7-18-14)19-9-11(17)10-19;1-13(2,3)17-11-7-9-15(10-8-11)12(16)18-14(4,5)6;1-12(2,3)14-11-7-5-6-10(8-11)9-13-4;1-11(2,3)14-10-5-4-8(7-13)6-9(10)12;1-11(2,3)14-10-5-8(7-12)4-9(13)6-10;1-5-8-9-6-12(7-10(8)9)11(2,3)4;1-9(2,3)4-7-5-12-8(10)6-11-7;1-9(2,3)11-8-4-6-10-7-5-8;1-8(2,3)10-7-4-5-9-6-7;2*1-5(2,3)4;;;;/h4-8,11H,9-10,17H2,1-3H3;11H,7-10H2,1-6H3;5-8,13H,9H2,1-4H3;4-6H,1-3H3;4-6,13H,1-3H3;8-10H,5-7H2,1-4H3;5-6H,4H2,1-3H3,(H2,10,12);8,10H,4-7H2,1-3H3;7,9H,4-6H2,1-3H3;2*1-4H3;4*1H4/t;;;;;8?,9-,10+;;;;;;;;;. The first-order chi connectivity index (χ1) is 61.5. The van der Waals surface area contributed by atoms with E-state index in [0.29, 0.717) is 62.0 Å². The summed E-state index contributed by atoms with van der Waals surface area (Å²) >= 11 is 5.94. The Hall–Kier alpha value is -7.81.